The van der Waals surface area contributed by atoms with E-state index >= 15 is 0 Å². The number of aromatic nitrogens is 1. The van der Waals surface area contributed by atoms with E-state index in [1.165, 1.54) is 0 Å². The average molecular weight is 412 g/mol. The zero-order valence-corrected chi connectivity index (χ0v) is 17.5. The molecule has 1 saturated heterocycles. The molecule has 2 aromatic heterocycles. The number of carbonyl (C=O) groups is 1. The Labute approximate surface area is 176 Å². The van der Waals surface area contributed by atoms with Gasteiger partial charge in [-0.1, -0.05) is 12.1 Å². The van der Waals surface area contributed by atoms with Crippen molar-refractivity contribution < 1.29 is 13.9 Å². The number of methoxy groups -OCH3 is 1. The smallest absolute Gasteiger partial charge is 0.251 e. The molecule has 0 aromatic carbocycles. The third-order valence-corrected chi connectivity index (χ3v) is 5.99. The van der Waals surface area contributed by atoms with Crippen LogP contribution in [0.15, 0.2) is 51.9 Å². The predicted octanol–water partition coefficient (Wildman–Crippen LogP) is 2.27. The number of likely N-dealkylation sites (tertiary alicyclic amines) is 1. The van der Waals surface area contributed by atoms with Gasteiger partial charge in [0.15, 0.2) is 0 Å². The molecular weight excluding hydrogens is 382 g/mol. The summed E-state index contributed by atoms with van der Waals surface area (Å²) in [6.07, 6.45) is 6.64. The van der Waals surface area contributed by atoms with Gasteiger partial charge in [0.2, 0.25) is 5.91 Å². The largest absolute Gasteiger partial charge is 0.465 e. The Kier molecular flexibility index (Phi) is 6.20. The van der Waals surface area contributed by atoms with E-state index in [0.29, 0.717) is 6.61 Å². The minimum atomic E-state index is -0.499. The lowest BCUT2D eigenvalue weighted by Crippen LogP contribution is -2.54. The maximum absolute atomic E-state index is 13.2. The van der Waals surface area contributed by atoms with E-state index in [0.717, 1.165) is 37.5 Å². The van der Waals surface area contributed by atoms with Gasteiger partial charge in [-0.3, -0.25) is 19.1 Å². The second kappa shape index (κ2) is 9.02. The first-order chi connectivity index (χ1) is 14.6. The SMILES string of the molecule is COC[C@H](C)NC(=O)[C@H]1[C@@H]2C[C@@H](CN(C/C=C/c3ccco3)C2)c2cccc(=O)n21. The third-order valence-electron chi connectivity index (χ3n) is 5.99. The van der Waals surface area contributed by atoms with Gasteiger partial charge in [0.25, 0.3) is 5.56 Å². The predicted molar refractivity (Wildman–Crippen MR) is 114 cm³/mol. The number of carbonyl (C=O) groups excluding carboxylic acids is 1. The summed E-state index contributed by atoms with van der Waals surface area (Å²) >= 11 is 0. The van der Waals surface area contributed by atoms with Crippen LogP contribution in [0.1, 0.15) is 36.8 Å². The first kappa shape index (κ1) is 20.6. The summed E-state index contributed by atoms with van der Waals surface area (Å²) in [5.74, 6) is 1.05. The van der Waals surface area contributed by atoms with E-state index in [2.05, 4.69) is 16.3 Å². The van der Waals surface area contributed by atoms with E-state index in [4.69, 9.17) is 9.15 Å². The monoisotopic (exact) mass is 411 g/mol. The molecule has 7 nitrogen and oxygen atoms in total. The van der Waals surface area contributed by atoms with Crippen molar-refractivity contribution in [1.82, 2.24) is 14.8 Å². The molecule has 4 rings (SSSR count). The molecule has 2 aliphatic heterocycles. The summed E-state index contributed by atoms with van der Waals surface area (Å²) < 4.78 is 12.2. The molecule has 0 radical (unpaired) electrons. The van der Waals surface area contributed by atoms with Crippen LogP contribution in [0, 0.1) is 5.92 Å². The molecule has 1 amide bonds. The molecule has 160 valence electrons. The van der Waals surface area contributed by atoms with Gasteiger partial charge in [-0.15, -0.1) is 0 Å². The Morgan fingerprint density at radius 1 is 1.33 bits per heavy atom. The van der Waals surface area contributed by atoms with Crippen LogP contribution in [-0.2, 0) is 9.53 Å². The van der Waals surface area contributed by atoms with Crippen LogP contribution in [-0.4, -0.2) is 54.8 Å². The molecule has 0 unspecified atom stereocenters. The van der Waals surface area contributed by atoms with Crippen molar-refractivity contribution in [3.05, 3.63) is 64.5 Å². The number of nitrogens with zero attached hydrogens (tertiary/aromatic N) is 2. The van der Waals surface area contributed by atoms with Gasteiger partial charge in [0.05, 0.1) is 12.9 Å². The molecular formula is C23H29N3O4. The van der Waals surface area contributed by atoms with Crippen molar-refractivity contribution in [1.29, 1.82) is 0 Å². The molecule has 30 heavy (non-hydrogen) atoms. The first-order valence-electron chi connectivity index (χ1n) is 10.5. The number of rotatable bonds is 7. The summed E-state index contributed by atoms with van der Waals surface area (Å²) in [7, 11) is 1.61. The van der Waals surface area contributed by atoms with Crippen molar-refractivity contribution in [3.63, 3.8) is 0 Å². The van der Waals surface area contributed by atoms with E-state index in [1.807, 2.05) is 31.2 Å². The Bertz CT molecular complexity index is 950. The van der Waals surface area contributed by atoms with Crippen LogP contribution in [0.2, 0.25) is 0 Å². The van der Waals surface area contributed by atoms with Crippen molar-refractivity contribution in [2.75, 3.05) is 33.4 Å². The van der Waals surface area contributed by atoms with Crippen molar-refractivity contribution >= 4 is 12.0 Å². The zero-order valence-electron chi connectivity index (χ0n) is 17.5. The summed E-state index contributed by atoms with van der Waals surface area (Å²) in [5, 5.41) is 3.03. The van der Waals surface area contributed by atoms with Crippen molar-refractivity contribution in [3.8, 4) is 0 Å². The fourth-order valence-corrected chi connectivity index (χ4v) is 4.84. The van der Waals surface area contributed by atoms with Crippen LogP contribution in [0.25, 0.3) is 6.08 Å². The highest BCUT2D eigenvalue weighted by Gasteiger charge is 2.43. The molecule has 2 aromatic rings. The second-order valence-electron chi connectivity index (χ2n) is 8.30. The molecule has 7 heteroatoms. The van der Waals surface area contributed by atoms with Gasteiger partial charge in [-0.2, -0.15) is 0 Å². The van der Waals surface area contributed by atoms with Crippen LogP contribution in [0.3, 0.4) is 0 Å². The Balaban J connectivity index is 1.57. The van der Waals surface area contributed by atoms with Crippen molar-refractivity contribution in [2.24, 2.45) is 5.92 Å². The van der Waals surface area contributed by atoms with E-state index in [1.54, 1.807) is 30.1 Å². The summed E-state index contributed by atoms with van der Waals surface area (Å²) in [4.78, 5) is 28.3. The second-order valence-corrected chi connectivity index (χ2v) is 8.30. The van der Waals surface area contributed by atoms with Gasteiger partial charge in [0.1, 0.15) is 11.8 Å². The Hall–Kier alpha value is -2.64. The van der Waals surface area contributed by atoms with Gasteiger partial charge >= 0.3 is 0 Å². The quantitative estimate of drug-likeness (QED) is 0.756. The van der Waals surface area contributed by atoms with E-state index < -0.39 is 6.04 Å². The standard InChI is InChI=1S/C23H29N3O4/c1-16(15-29-2)24-23(28)22-18-12-17(20-8-3-9-21(27)26(20)22)13-25(14-18)10-4-6-19-7-5-11-30-19/h3-9,11,16-18,22H,10,12-15H2,1-2H3,(H,24,28)/b6-4+/t16-,17-,18+,22+/m0/s1. The van der Waals surface area contributed by atoms with Gasteiger partial charge in [0, 0.05) is 56.4 Å². The van der Waals surface area contributed by atoms with Crippen LogP contribution in [0.5, 0.6) is 0 Å². The molecule has 1 fully saturated rings. The van der Waals surface area contributed by atoms with Gasteiger partial charge < -0.3 is 14.5 Å². The number of amides is 1. The fraction of sp³-hybridized carbons (Fsp3) is 0.478. The van der Waals surface area contributed by atoms with Gasteiger partial charge in [-0.05, 0) is 37.6 Å². The molecule has 0 saturated carbocycles. The van der Waals surface area contributed by atoms with Crippen LogP contribution >= 0.6 is 0 Å². The molecule has 0 spiro atoms. The molecule has 2 aliphatic rings. The third kappa shape index (κ3) is 4.27. The number of hydrogen-bond donors (Lipinski definition) is 1. The maximum atomic E-state index is 13.2. The zero-order chi connectivity index (χ0) is 21.1. The van der Waals surface area contributed by atoms with E-state index in [9.17, 15) is 9.59 Å². The molecule has 2 bridgehead atoms. The highest BCUT2D eigenvalue weighted by molar-refractivity contribution is 5.81. The molecule has 0 aliphatic carbocycles. The number of fused-ring (bicyclic) bond motifs is 4. The number of piperidine rings is 1. The lowest BCUT2D eigenvalue weighted by atomic mass is 9.78. The minimum Gasteiger partial charge on any atom is -0.465 e. The molecule has 4 heterocycles. The number of nitrogens with one attached hydrogen (secondary N) is 1. The summed E-state index contributed by atoms with van der Waals surface area (Å²) in [6, 6.07) is 8.52. The van der Waals surface area contributed by atoms with Crippen molar-refractivity contribution in [2.45, 2.75) is 31.3 Å². The topological polar surface area (TPSA) is 76.7 Å². The number of furan rings is 1. The number of hydrogen-bond acceptors (Lipinski definition) is 5. The highest BCUT2D eigenvalue weighted by Crippen LogP contribution is 2.41. The Morgan fingerprint density at radius 2 is 2.20 bits per heavy atom. The van der Waals surface area contributed by atoms with Gasteiger partial charge in [-0.25, -0.2) is 0 Å². The summed E-state index contributed by atoms with van der Waals surface area (Å²) in [5.41, 5.74) is 0.853. The van der Waals surface area contributed by atoms with E-state index in [-0.39, 0.29) is 29.3 Å². The number of ether oxygens (including phenoxy) is 1. The van der Waals surface area contributed by atoms with Crippen LogP contribution in [0.4, 0.5) is 0 Å². The fourth-order valence-electron chi connectivity index (χ4n) is 4.84. The average Bonchev–Trinajstić information content (AvgIpc) is 3.22. The Morgan fingerprint density at radius 3 is 2.97 bits per heavy atom. The normalized spacial score (nSPS) is 24.5. The maximum Gasteiger partial charge on any atom is 0.251 e. The number of pyridine rings is 1. The molecule has 4 atom stereocenters. The minimum absolute atomic E-state index is 0.0862. The highest BCUT2D eigenvalue weighted by atomic mass is 16.5. The molecule has 1 N–H and O–H groups in total. The van der Waals surface area contributed by atoms with Crippen LogP contribution < -0.4 is 10.9 Å². The first-order valence-corrected chi connectivity index (χ1v) is 10.5. The lowest BCUT2D eigenvalue weighted by molar-refractivity contribution is -0.128. The lowest BCUT2D eigenvalue weighted by Gasteiger charge is -2.46. The summed E-state index contributed by atoms with van der Waals surface area (Å²) in [6.45, 7) is 4.77.